The van der Waals surface area contributed by atoms with Gasteiger partial charge in [0.05, 0.1) is 12.7 Å². The highest BCUT2D eigenvalue weighted by molar-refractivity contribution is 5.98. The molecule has 1 atom stereocenters. The third-order valence-corrected chi connectivity index (χ3v) is 6.53. The molecule has 1 heterocycles. The third kappa shape index (κ3) is 3.02. The van der Waals surface area contributed by atoms with Crippen LogP contribution in [0.5, 0.6) is 0 Å². The molecular weight excluding hydrogens is 327 g/mol. The Morgan fingerprint density at radius 2 is 1.96 bits per heavy atom. The smallest absolute Gasteiger partial charge is 0.264 e. The molecule has 2 saturated carbocycles. The quantitative estimate of drug-likeness (QED) is 0.527. The summed E-state index contributed by atoms with van der Waals surface area (Å²) in [6, 6.07) is 2.07. The summed E-state index contributed by atoms with van der Waals surface area (Å²) in [5.74, 6) is -0.216. The van der Waals surface area contributed by atoms with Gasteiger partial charge in [-0.3, -0.25) is 9.18 Å². The van der Waals surface area contributed by atoms with Crippen LogP contribution in [0.1, 0.15) is 65.7 Å². The largest absolute Gasteiger partial charge is 0.331 e. The number of hydrogen-bond acceptors (Lipinski definition) is 2. The lowest BCUT2D eigenvalue weighted by molar-refractivity contribution is -0.128. The maximum absolute atomic E-state index is 13.2. The zero-order valence-corrected chi connectivity index (χ0v) is 14.9. The van der Waals surface area contributed by atoms with Gasteiger partial charge in [-0.15, -0.1) is 0 Å². The van der Waals surface area contributed by atoms with Crippen LogP contribution in [0.25, 0.3) is 0 Å². The first-order valence-corrected chi connectivity index (χ1v) is 9.51. The number of alkyl halides is 1. The Morgan fingerprint density at radius 1 is 1.27 bits per heavy atom. The summed E-state index contributed by atoms with van der Waals surface area (Å²) in [5.41, 5.74) is 5.58. The van der Waals surface area contributed by atoms with Gasteiger partial charge in [-0.1, -0.05) is 24.6 Å². The molecule has 0 aromatic rings. The fraction of sp³-hybridized carbons (Fsp3) is 0.636. The molecule has 26 heavy (non-hydrogen) atoms. The maximum atomic E-state index is 13.2. The molecule has 0 radical (unpaired) electrons. The lowest BCUT2D eigenvalue weighted by atomic mass is 9.79. The van der Waals surface area contributed by atoms with Gasteiger partial charge in [0.25, 0.3) is 5.91 Å². The first-order chi connectivity index (χ1) is 12.1. The van der Waals surface area contributed by atoms with Crippen molar-refractivity contribution in [2.75, 3.05) is 13.2 Å². The van der Waals surface area contributed by atoms with Crippen LogP contribution in [-0.4, -0.2) is 30.1 Å². The molecule has 4 heteroatoms. The Balaban J connectivity index is 0.00000196. The lowest BCUT2D eigenvalue weighted by Gasteiger charge is -2.40. The van der Waals surface area contributed by atoms with Gasteiger partial charge in [0.15, 0.2) is 0 Å². The molecule has 1 amide bonds. The average molecular weight is 356 g/mol. The van der Waals surface area contributed by atoms with E-state index in [-0.39, 0.29) is 24.9 Å². The highest BCUT2D eigenvalue weighted by Gasteiger charge is 2.43. The third-order valence-electron chi connectivity index (χ3n) is 6.53. The van der Waals surface area contributed by atoms with Crippen molar-refractivity contribution in [3.8, 4) is 6.07 Å². The van der Waals surface area contributed by atoms with Gasteiger partial charge in [-0.2, -0.15) is 5.26 Å². The number of amides is 1. The van der Waals surface area contributed by atoms with Gasteiger partial charge in [-0.05, 0) is 69.4 Å². The van der Waals surface area contributed by atoms with E-state index in [0.29, 0.717) is 6.54 Å². The number of likely N-dealkylation sites (tertiary alicyclic amines) is 1. The van der Waals surface area contributed by atoms with Crippen molar-refractivity contribution < 1.29 is 9.18 Å². The standard InChI is InChI=1S/C21H25FN2O.CH4/c1-14-19-16-4-2-3-15(5-6-16)18(19)7-10-24(14)20(25)17(12-23)11-21(13-22)8-9-21;/h11,14H,2-10,13H2,1H3;1H4/b17-11-;. The van der Waals surface area contributed by atoms with Crippen LogP contribution in [-0.2, 0) is 4.79 Å². The van der Waals surface area contributed by atoms with Gasteiger partial charge in [0, 0.05) is 12.0 Å². The zero-order chi connectivity index (χ0) is 17.6. The Kier molecular flexibility index (Phi) is 5.10. The predicted octanol–water partition coefficient (Wildman–Crippen LogP) is 5.01. The van der Waals surface area contributed by atoms with E-state index in [1.807, 2.05) is 11.0 Å². The Labute approximate surface area is 156 Å². The monoisotopic (exact) mass is 356 g/mol. The van der Waals surface area contributed by atoms with Gasteiger partial charge in [0.1, 0.15) is 11.6 Å². The second kappa shape index (κ2) is 7.02. The number of halogens is 1. The highest BCUT2D eigenvalue weighted by Crippen LogP contribution is 2.49. The number of allylic oxidation sites excluding steroid dienone is 3. The molecule has 140 valence electrons. The fourth-order valence-electron chi connectivity index (χ4n) is 4.84. The number of carbonyl (C=O) groups is 1. The topological polar surface area (TPSA) is 44.1 Å². The predicted molar refractivity (Wildman–Crippen MR) is 101 cm³/mol. The van der Waals surface area contributed by atoms with E-state index in [0.717, 1.165) is 32.1 Å². The molecule has 0 aromatic heterocycles. The number of nitriles is 1. The molecule has 4 aliphatic carbocycles. The van der Waals surface area contributed by atoms with Crippen molar-refractivity contribution in [2.45, 2.75) is 71.8 Å². The Hall–Kier alpha value is -1.89. The van der Waals surface area contributed by atoms with E-state index in [9.17, 15) is 14.4 Å². The van der Waals surface area contributed by atoms with Crippen LogP contribution in [0.3, 0.4) is 0 Å². The molecule has 0 N–H and O–H groups in total. The molecular formula is C22H29FN2O. The fourth-order valence-corrected chi connectivity index (χ4v) is 4.84. The van der Waals surface area contributed by atoms with Crippen LogP contribution in [0.15, 0.2) is 33.9 Å². The number of carbonyl (C=O) groups excluding carboxylic acids is 1. The maximum Gasteiger partial charge on any atom is 0.264 e. The average Bonchev–Trinajstić information content (AvgIpc) is 3.44. The zero-order valence-electron chi connectivity index (χ0n) is 14.9. The van der Waals surface area contributed by atoms with Gasteiger partial charge < -0.3 is 4.90 Å². The summed E-state index contributed by atoms with van der Waals surface area (Å²) in [6.07, 6.45) is 9.87. The summed E-state index contributed by atoms with van der Waals surface area (Å²) in [5, 5.41) is 9.47. The summed E-state index contributed by atoms with van der Waals surface area (Å²) in [6.45, 7) is 2.28. The van der Waals surface area contributed by atoms with Crippen LogP contribution in [0, 0.1) is 16.7 Å². The second-order valence-electron chi connectivity index (χ2n) is 8.04. The Morgan fingerprint density at radius 3 is 2.62 bits per heavy atom. The minimum Gasteiger partial charge on any atom is -0.331 e. The van der Waals surface area contributed by atoms with Gasteiger partial charge >= 0.3 is 0 Å². The molecule has 5 aliphatic rings. The minimum atomic E-state index is -0.545. The SMILES string of the molecule is C.CC1C2=C3CCCC(=C2CCN1C(=O)/C(C#N)=C\C1(CF)CC1)CC3. The van der Waals surface area contributed by atoms with Crippen molar-refractivity contribution in [2.24, 2.45) is 5.41 Å². The highest BCUT2D eigenvalue weighted by atomic mass is 19.1. The van der Waals surface area contributed by atoms with E-state index in [1.54, 1.807) is 11.6 Å². The molecule has 1 saturated heterocycles. The Bertz CT molecular complexity index is 741. The molecule has 3 fully saturated rings. The van der Waals surface area contributed by atoms with E-state index >= 15 is 0 Å². The molecule has 1 aliphatic heterocycles. The van der Waals surface area contributed by atoms with Crippen molar-refractivity contribution in [1.82, 2.24) is 4.90 Å². The van der Waals surface area contributed by atoms with Crippen LogP contribution < -0.4 is 0 Å². The van der Waals surface area contributed by atoms with Gasteiger partial charge in [-0.25, -0.2) is 0 Å². The van der Waals surface area contributed by atoms with Crippen molar-refractivity contribution in [3.63, 3.8) is 0 Å². The molecule has 3 nitrogen and oxygen atoms in total. The summed E-state index contributed by atoms with van der Waals surface area (Å²) in [7, 11) is 0. The normalized spacial score (nSPS) is 26.7. The van der Waals surface area contributed by atoms with Crippen molar-refractivity contribution in [3.05, 3.63) is 33.9 Å². The van der Waals surface area contributed by atoms with Crippen molar-refractivity contribution >= 4 is 5.91 Å². The molecule has 0 spiro atoms. The van der Waals surface area contributed by atoms with Gasteiger partial charge in [0.2, 0.25) is 0 Å². The van der Waals surface area contributed by atoms with E-state index in [4.69, 9.17) is 0 Å². The minimum absolute atomic E-state index is 0. The summed E-state index contributed by atoms with van der Waals surface area (Å²) >= 11 is 0. The van der Waals surface area contributed by atoms with Crippen LogP contribution in [0.2, 0.25) is 0 Å². The van der Waals surface area contributed by atoms with E-state index < -0.39 is 12.1 Å². The second-order valence-corrected chi connectivity index (χ2v) is 8.04. The number of hydrogen-bond donors (Lipinski definition) is 0. The van der Waals surface area contributed by atoms with Crippen LogP contribution >= 0.6 is 0 Å². The summed E-state index contributed by atoms with van der Waals surface area (Å²) < 4.78 is 13.2. The molecule has 0 aromatic carbocycles. The number of nitrogens with zero attached hydrogens (tertiary/aromatic N) is 2. The summed E-state index contributed by atoms with van der Waals surface area (Å²) in [4.78, 5) is 14.8. The molecule has 1 unspecified atom stereocenters. The number of piperidine rings is 1. The lowest BCUT2D eigenvalue weighted by Crippen LogP contribution is -2.45. The number of fused-ring (bicyclic) bond motifs is 3. The molecule has 5 rings (SSSR count). The van der Waals surface area contributed by atoms with Crippen LogP contribution in [0.4, 0.5) is 4.39 Å². The first-order valence-electron chi connectivity index (χ1n) is 9.51. The first kappa shape index (κ1) is 18.9. The van der Waals surface area contributed by atoms with Crippen molar-refractivity contribution in [1.29, 1.82) is 5.26 Å². The molecule has 2 bridgehead atoms. The van der Waals surface area contributed by atoms with E-state index in [1.165, 1.54) is 36.0 Å². The van der Waals surface area contributed by atoms with E-state index in [2.05, 4.69) is 6.92 Å². The number of rotatable bonds is 3.